The van der Waals surface area contributed by atoms with Crippen molar-refractivity contribution in [2.45, 2.75) is 12.8 Å². The molecular formula is C15H21ClFN3O4. The first-order valence-electron chi connectivity index (χ1n) is 7.39. The molecule has 0 aliphatic carbocycles. The number of nitrogens with zero attached hydrogens (tertiary/aromatic N) is 1. The van der Waals surface area contributed by atoms with Crippen molar-refractivity contribution < 1.29 is 18.8 Å². The number of carbonyl (C=O) groups excluding carboxylic acids is 1. The lowest BCUT2D eigenvalue weighted by Crippen LogP contribution is -2.47. The number of nitrogens with one attached hydrogen (secondary N) is 2. The van der Waals surface area contributed by atoms with Crippen LogP contribution in [0.1, 0.15) is 23.2 Å². The summed E-state index contributed by atoms with van der Waals surface area (Å²) in [6.07, 6.45) is 1.65. The van der Waals surface area contributed by atoms with E-state index in [-0.39, 0.29) is 23.4 Å². The van der Waals surface area contributed by atoms with Crippen molar-refractivity contribution in [1.82, 2.24) is 10.6 Å². The van der Waals surface area contributed by atoms with Gasteiger partial charge in [-0.3, -0.25) is 14.9 Å². The fraction of sp³-hybridized carbons (Fsp3) is 0.533. The van der Waals surface area contributed by atoms with Gasteiger partial charge in [-0.25, -0.2) is 4.39 Å². The quantitative estimate of drug-likeness (QED) is 0.596. The van der Waals surface area contributed by atoms with Crippen molar-refractivity contribution in [2.24, 2.45) is 5.41 Å². The van der Waals surface area contributed by atoms with Gasteiger partial charge in [0.2, 0.25) is 0 Å². The van der Waals surface area contributed by atoms with Gasteiger partial charge in [0.15, 0.2) is 0 Å². The van der Waals surface area contributed by atoms with Gasteiger partial charge >= 0.3 is 0 Å². The van der Waals surface area contributed by atoms with Crippen LogP contribution in [0.5, 0.6) is 0 Å². The minimum absolute atomic E-state index is 0. The summed E-state index contributed by atoms with van der Waals surface area (Å²) in [6.45, 7) is 2.45. The second-order valence-electron chi connectivity index (χ2n) is 5.78. The molecule has 1 aromatic rings. The Morgan fingerprint density at radius 3 is 2.71 bits per heavy atom. The van der Waals surface area contributed by atoms with Crippen LogP contribution in [0.4, 0.5) is 10.1 Å². The van der Waals surface area contributed by atoms with E-state index < -0.39 is 22.3 Å². The van der Waals surface area contributed by atoms with Crippen molar-refractivity contribution in [3.63, 3.8) is 0 Å². The Kier molecular flexibility index (Phi) is 7.53. The number of nitro benzene ring substituents is 1. The molecule has 1 aliphatic heterocycles. The standard InChI is InChI=1S/C15H20FN3O4.ClH/c1-23-10-15(4-6-17-7-5-15)9-18-14(20)12-8-11(16)2-3-13(12)19(21)22;/h2-3,8,17H,4-7,9-10H2,1H3,(H,18,20);1H. The van der Waals surface area contributed by atoms with E-state index >= 15 is 0 Å². The monoisotopic (exact) mass is 361 g/mol. The summed E-state index contributed by atoms with van der Waals surface area (Å²) < 4.78 is 18.6. The first-order chi connectivity index (χ1) is 11.0. The molecule has 0 unspecified atom stereocenters. The van der Waals surface area contributed by atoms with Gasteiger partial charge in [-0.15, -0.1) is 12.4 Å². The third-order valence-electron chi connectivity index (χ3n) is 4.14. The van der Waals surface area contributed by atoms with Crippen molar-refractivity contribution >= 4 is 24.0 Å². The lowest BCUT2D eigenvalue weighted by molar-refractivity contribution is -0.385. The molecule has 134 valence electrons. The molecule has 7 nitrogen and oxygen atoms in total. The van der Waals surface area contributed by atoms with Crippen LogP contribution in [-0.4, -0.2) is 44.2 Å². The Labute approximate surface area is 145 Å². The van der Waals surface area contributed by atoms with Gasteiger partial charge in [-0.2, -0.15) is 0 Å². The van der Waals surface area contributed by atoms with Crippen molar-refractivity contribution in [3.05, 3.63) is 39.7 Å². The molecule has 9 heteroatoms. The van der Waals surface area contributed by atoms with Crippen LogP contribution in [0.15, 0.2) is 18.2 Å². The first kappa shape index (κ1) is 20.3. The second kappa shape index (κ2) is 8.91. The number of carbonyl (C=O) groups is 1. The van der Waals surface area contributed by atoms with Gasteiger partial charge in [0, 0.05) is 25.1 Å². The number of amides is 1. The topological polar surface area (TPSA) is 93.5 Å². The Bertz CT molecular complexity index is 589. The Balaban J connectivity index is 0.00000288. The number of ether oxygens (including phenoxy) is 1. The number of benzene rings is 1. The molecule has 1 amide bonds. The van der Waals surface area contributed by atoms with E-state index in [1.165, 1.54) is 0 Å². The third-order valence-corrected chi connectivity index (χ3v) is 4.14. The fourth-order valence-electron chi connectivity index (χ4n) is 2.85. The number of hydrogen-bond acceptors (Lipinski definition) is 5. The normalized spacial score (nSPS) is 16.1. The Hall–Kier alpha value is -1.77. The maximum absolute atomic E-state index is 13.3. The number of halogens is 2. The molecule has 0 bridgehead atoms. The molecule has 2 rings (SSSR count). The van der Waals surface area contributed by atoms with Gasteiger partial charge < -0.3 is 15.4 Å². The maximum Gasteiger partial charge on any atom is 0.282 e. The molecule has 24 heavy (non-hydrogen) atoms. The zero-order valence-corrected chi connectivity index (χ0v) is 14.2. The molecule has 0 atom stereocenters. The lowest BCUT2D eigenvalue weighted by Gasteiger charge is -2.37. The van der Waals surface area contributed by atoms with Crippen LogP contribution in [0.3, 0.4) is 0 Å². The highest BCUT2D eigenvalue weighted by atomic mass is 35.5. The average Bonchev–Trinajstić information content (AvgIpc) is 2.53. The zero-order chi connectivity index (χ0) is 16.9. The highest BCUT2D eigenvalue weighted by molar-refractivity contribution is 5.98. The number of rotatable bonds is 6. The smallest absolute Gasteiger partial charge is 0.282 e. The number of nitro groups is 1. The molecule has 0 spiro atoms. The summed E-state index contributed by atoms with van der Waals surface area (Å²) in [5.74, 6) is -1.33. The van der Waals surface area contributed by atoms with Crippen LogP contribution >= 0.6 is 12.4 Å². The van der Waals surface area contributed by atoms with E-state index in [4.69, 9.17) is 4.74 Å². The molecule has 1 aromatic carbocycles. The molecule has 2 N–H and O–H groups in total. The van der Waals surface area contributed by atoms with Crippen LogP contribution in [0, 0.1) is 21.3 Å². The highest BCUT2D eigenvalue weighted by Crippen LogP contribution is 2.28. The molecule has 1 saturated heterocycles. The molecule has 1 aliphatic rings. The van der Waals surface area contributed by atoms with E-state index in [0.717, 1.165) is 44.1 Å². The predicted molar refractivity (Wildman–Crippen MR) is 89.0 cm³/mol. The number of piperidine rings is 1. The summed E-state index contributed by atoms with van der Waals surface area (Å²) in [5.41, 5.74) is -0.885. The predicted octanol–water partition coefficient (Wildman–Crippen LogP) is 1.90. The maximum atomic E-state index is 13.3. The lowest BCUT2D eigenvalue weighted by atomic mass is 9.79. The highest BCUT2D eigenvalue weighted by Gasteiger charge is 2.33. The van der Waals surface area contributed by atoms with Gasteiger partial charge in [0.25, 0.3) is 11.6 Å². The summed E-state index contributed by atoms with van der Waals surface area (Å²) in [5, 5.41) is 16.9. The van der Waals surface area contributed by atoms with Gasteiger partial charge in [-0.1, -0.05) is 0 Å². The summed E-state index contributed by atoms with van der Waals surface area (Å²) >= 11 is 0. The fourth-order valence-corrected chi connectivity index (χ4v) is 2.85. The van der Waals surface area contributed by atoms with Crippen molar-refractivity contribution in [1.29, 1.82) is 0 Å². The van der Waals surface area contributed by atoms with Crippen LogP contribution in [0.25, 0.3) is 0 Å². The van der Waals surface area contributed by atoms with Crippen LogP contribution in [0.2, 0.25) is 0 Å². The molecular weight excluding hydrogens is 341 g/mol. The molecule has 1 fully saturated rings. The Morgan fingerprint density at radius 2 is 2.12 bits per heavy atom. The van der Waals surface area contributed by atoms with E-state index in [1.807, 2.05) is 0 Å². The molecule has 1 heterocycles. The molecule has 0 aromatic heterocycles. The summed E-state index contributed by atoms with van der Waals surface area (Å²) in [4.78, 5) is 22.6. The van der Waals surface area contributed by atoms with Gasteiger partial charge in [0.05, 0.1) is 11.5 Å². The SMILES string of the molecule is COCC1(CNC(=O)c2cc(F)ccc2[N+](=O)[O-])CCNCC1.Cl. The minimum atomic E-state index is -0.691. The molecule has 0 radical (unpaired) electrons. The Morgan fingerprint density at radius 1 is 1.46 bits per heavy atom. The zero-order valence-electron chi connectivity index (χ0n) is 13.3. The average molecular weight is 362 g/mol. The molecule has 0 saturated carbocycles. The van der Waals surface area contributed by atoms with Gasteiger partial charge in [0.1, 0.15) is 11.4 Å². The second-order valence-corrected chi connectivity index (χ2v) is 5.78. The van der Waals surface area contributed by atoms with E-state index in [1.54, 1.807) is 7.11 Å². The summed E-state index contributed by atoms with van der Waals surface area (Å²) in [7, 11) is 1.60. The van der Waals surface area contributed by atoms with Gasteiger partial charge in [-0.05, 0) is 38.1 Å². The van der Waals surface area contributed by atoms with Crippen molar-refractivity contribution in [2.75, 3.05) is 33.4 Å². The summed E-state index contributed by atoms with van der Waals surface area (Å²) in [6, 6.07) is 2.85. The van der Waals surface area contributed by atoms with E-state index in [2.05, 4.69) is 10.6 Å². The third kappa shape index (κ3) is 4.86. The van der Waals surface area contributed by atoms with Crippen LogP contribution < -0.4 is 10.6 Å². The van der Waals surface area contributed by atoms with Crippen molar-refractivity contribution in [3.8, 4) is 0 Å². The van der Waals surface area contributed by atoms with E-state index in [0.29, 0.717) is 13.2 Å². The largest absolute Gasteiger partial charge is 0.384 e. The number of hydrogen-bond donors (Lipinski definition) is 2. The number of methoxy groups -OCH3 is 1. The minimum Gasteiger partial charge on any atom is -0.384 e. The van der Waals surface area contributed by atoms with E-state index in [9.17, 15) is 19.3 Å². The van der Waals surface area contributed by atoms with Crippen LogP contribution in [-0.2, 0) is 4.74 Å². The first-order valence-corrected chi connectivity index (χ1v) is 7.39.